The summed E-state index contributed by atoms with van der Waals surface area (Å²) in [5.74, 6) is 0.0332. The highest BCUT2D eigenvalue weighted by atomic mass is 35.5. The number of esters is 1. The van der Waals surface area contributed by atoms with Crippen LogP contribution in [-0.4, -0.2) is 15.9 Å². The normalized spacial score (nSPS) is 9.94. The Kier molecular flexibility index (Phi) is 3.20. The highest BCUT2D eigenvalue weighted by Crippen LogP contribution is 2.16. The average Bonchev–Trinajstić information content (AvgIpc) is 2.33. The van der Waals surface area contributed by atoms with E-state index < -0.39 is 5.97 Å². The first-order valence-electron chi connectivity index (χ1n) is 4.70. The van der Waals surface area contributed by atoms with Gasteiger partial charge in [0, 0.05) is 5.02 Å². The highest BCUT2D eigenvalue weighted by molar-refractivity contribution is 6.30. The minimum Gasteiger partial charge on any atom is -0.422 e. The Hall–Kier alpha value is -2.14. The maximum atomic E-state index is 11.6. The van der Waals surface area contributed by atoms with Gasteiger partial charge in [0.25, 0.3) is 0 Å². The molecule has 2 N–H and O–H groups in total. The summed E-state index contributed by atoms with van der Waals surface area (Å²) < 4.78 is 5.05. The van der Waals surface area contributed by atoms with Gasteiger partial charge in [-0.25, -0.2) is 14.8 Å². The van der Waals surface area contributed by atoms with Gasteiger partial charge in [-0.15, -0.1) is 0 Å². The lowest BCUT2D eigenvalue weighted by Gasteiger charge is -2.03. The first-order valence-corrected chi connectivity index (χ1v) is 5.08. The van der Waals surface area contributed by atoms with Gasteiger partial charge in [0.15, 0.2) is 5.69 Å². The van der Waals surface area contributed by atoms with Crippen LogP contribution in [0.25, 0.3) is 0 Å². The van der Waals surface area contributed by atoms with Crippen molar-refractivity contribution in [3.05, 3.63) is 47.4 Å². The summed E-state index contributed by atoms with van der Waals surface area (Å²) in [5.41, 5.74) is 5.45. The maximum absolute atomic E-state index is 11.6. The largest absolute Gasteiger partial charge is 0.422 e. The molecule has 0 radical (unpaired) electrons. The van der Waals surface area contributed by atoms with Gasteiger partial charge in [-0.3, -0.25) is 0 Å². The van der Waals surface area contributed by atoms with E-state index in [-0.39, 0.29) is 11.5 Å². The van der Waals surface area contributed by atoms with Crippen LogP contribution in [0.2, 0.25) is 5.02 Å². The van der Waals surface area contributed by atoms with Gasteiger partial charge in [0.1, 0.15) is 11.6 Å². The number of rotatable bonds is 2. The van der Waals surface area contributed by atoms with Crippen molar-refractivity contribution in [1.29, 1.82) is 0 Å². The zero-order chi connectivity index (χ0) is 12.3. The Morgan fingerprint density at radius 3 is 2.47 bits per heavy atom. The molecule has 86 valence electrons. The maximum Gasteiger partial charge on any atom is 0.363 e. The predicted octanol–water partition coefficient (Wildman–Crippen LogP) is 1.93. The van der Waals surface area contributed by atoms with Gasteiger partial charge in [0.05, 0.1) is 12.4 Å². The molecule has 0 amide bonds. The van der Waals surface area contributed by atoms with Crippen LogP contribution in [0.3, 0.4) is 0 Å². The van der Waals surface area contributed by atoms with Crippen molar-refractivity contribution in [3.8, 4) is 5.75 Å². The van der Waals surface area contributed by atoms with Crippen molar-refractivity contribution in [2.24, 2.45) is 0 Å². The summed E-state index contributed by atoms with van der Waals surface area (Å²) in [5, 5.41) is 0.567. The number of nitrogens with zero attached hydrogens (tertiary/aromatic N) is 2. The van der Waals surface area contributed by atoms with Crippen LogP contribution in [0.4, 0.5) is 5.82 Å². The van der Waals surface area contributed by atoms with Crippen molar-refractivity contribution in [2.75, 3.05) is 5.73 Å². The monoisotopic (exact) mass is 249 g/mol. The van der Waals surface area contributed by atoms with E-state index in [4.69, 9.17) is 22.1 Å². The molecule has 0 aliphatic heterocycles. The first kappa shape index (κ1) is 11.3. The van der Waals surface area contributed by atoms with Crippen LogP contribution in [0.15, 0.2) is 36.7 Å². The Morgan fingerprint density at radius 1 is 1.18 bits per heavy atom. The third kappa shape index (κ3) is 2.92. The fourth-order valence-corrected chi connectivity index (χ4v) is 1.23. The summed E-state index contributed by atoms with van der Waals surface area (Å²) in [7, 11) is 0. The second kappa shape index (κ2) is 4.80. The standard InChI is InChI=1S/C11H8ClN3O2/c12-7-1-3-8(4-2-7)17-11(16)9-5-15-10(13)6-14-9/h1-6H,(H2,13,15). The average molecular weight is 250 g/mol. The van der Waals surface area contributed by atoms with E-state index in [0.29, 0.717) is 10.8 Å². The molecular formula is C11H8ClN3O2. The summed E-state index contributed by atoms with van der Waals surface area (Å²) in [4.78, 5) is 19.2. The molecule has 2 rings (SSSR count). The van der Waals surface area contributed by atoms with Crippen LogP contribution in [0, 0.1) is 0 Å². The number of nitrogen functional groups attached to an aromatic ring is 1. The van der Waals surface area contributed by atoms with Crippen LogP contribution >= 0.6 is 11.6 Å². The Morgan fingerprint density at radius 2 is 1.88 bits per heavy atom. The quantitative estimate of drug-likeness (QED) is 0.650. The van der Waals surface area contributed by atoms with E-state index in [1.807, 2.05) is 0 Å². The number of aromatic nitrogens is 2. The molecule has 17 heavy (non-hydrogen) atoms. The molecule has 0 aliphatic rings. The Labute approximate surface area is 102 Å². The summed E-state index contributed by atoms with van der Waals surface area (Å²) in [6.07, 6.45) is 2.55. The van der Waals surface area contributed by atoms with Crippen molar-refractivity contribution in [2.45, 2.75) is 0 Å². The second-order valence-electron chi connectivity index (χ2n) is 3.17. The van der Waals surface area contributed by atoms with Crippen molar-refractivity contribution in [3.63, 3.8) is 0 Å². The molecule has 0 bridgehead atoms. The van der Waals surface area contributed by atoms with Gasteiger partial charge in [-0.05, 0) is 24.3 Å². The lowest BCUT2D eigenvalue weighted by molar-refractivity contribution is 0.0728. The third-order valence-electron chi connectivity index (χ3n) is 1.91. The number of carbonyl (C=O) groups is 1. The molecule has 0 spiro atoms. The van der Waals surface area contributed by atoms with E-state index in [0.717, 1.165) is 0 Å². The highest BCUT2D eigenvalue weighted by Gasteiger charge is 2.10. The number of hydrogen-bond donors (Lipinski definition) is 1. The molecule has 1 aromatic carbocycles. The van der Waals surface area contributed by atoms with Gasteiger partial charge in [-0.2, -0.15) is 0 Å². The topological polar surface area (TPSA) is 78.1 Å². The van der Waals surface area contributed by atoms with Gasteiger partial charge in [-0.1, -0.05) is 11.6 Å². The molecule has 0 atom stereocenters. The smallest absolute Gasteiger partial charge is 0.363 e. The number of anilines is 1. The number of ether oxygens (including phenoxy) is 1. The van der Waals surface area contributed by atoms with Gasteiger partial charge in [0.2, 0.25) is 0 Å². The first-order chi connectivity index (χ1) is 8.15. The second-order valence-corrected chi connectivity index (χ2v) is 3.61. The van der Waals surface area contributed by atoms with Crippen LogP contribution in [0.1, 0.15) is 10.5 Å². The fourth-order valence-electron chi connectivity index (χ4n) is 1.11. The fraction of sp³-hybridized carbons (Fsp3) is 0. The molecular weight excluding hydrogens is 242 g/mol. The zero-order valence-corrected chi connectivity index (χ0v) is 9.39. The molecule has 0 saturated carbocycles. The van der Waals surface area contributed by atoms with E-state index in [1.54, 1.807) is 24.3 Å². The van der Waals surface area contributed by atoms with Crippen molar-refractivity contribution >= 4 is 23.4 Å². The number of nitrogens with two attached hydrogens (primary N) is 1. The van der Waals surface area contributed by atoms with E-state index in [1.165, 1.54) is 12.4 Å². The lowest BCUT2D eigenvalue weighted by Crippen LogP contribution is -2.11. The van der Waals surface area contributed by atoms with Gasteiger partial charge < -0.3 is 10.5 Å². The zero-order valence-electron chi connectivity index (χ0n) is 8.63. The Bertz CT molecular complexity index is 525. The molecule has 2 aromatic rings. The molecule has 1 heterocycles. The van der Waals surface area contributed by atoms with Crippen LogP contribution in [0.5, 0.6) is 5.75 Å². The summed E-state index contributed by atoms with van der Waals surface area (Å²) >= 11 is 5.71. The molecule has 6 heteroatoms. The molecule has 0 unspecified atom stereocenters. The van der Waals surface area contributed by atoms with Gasteiger partial charge >= 0.3 is 5.97 Å². The number of halogens is 1. The summed E-state index contributed by atoms with van der Waals surface area (Å²) in [6, 6.07) is 6.42. The number of hydrogen-bond acceptors (Lipinski definition) is 5. The van der Waals surface area contributed by atoms with E-state index in [9.17, 15) is 4.79 Å². The predicted molar refractivity (Wildman–Crippen MR) is 62.9 cm³/mol. The van der Waals surface area contributed by atoms with E-state index >= 15 is 0 Å². The minimum absolute atomic E-state index is 0.0918. The molecule has 0 fully saturated rings. The molecule has 0 saturated heterocycles. The Balaban J connectivity index is 2.11. The SMILES string of the molecule is Nc1cnc(C(=O)Oc2ccc(Cl)cc2)cn1. The molecule has 0 aliphatic carbocycles. The number of carbonyl (C=O) groups excluding carboxylic acids is 1. The minimum atomic E-state index is -0.597. The third-order valence-corrected chi connectivity index (χ3v) is 2.16. The molecule has 1 aromatic heterocycles. The van der Waals surface area contributed by atoms with E-state index in [2.05, 4.69) is 9.97 Å². The van der Waals surface area contributed by atoms with Crippen LogP contribution in [-0.2, 0) is 0 Å². The van der Waals surface area contributed by atoms with Crippen LogP contribution < -0.4 is 10.5 Å². The van der Waals surface area contributed by atoms with Crippen molar-refractivity contribution < 1.29 is 9.53 Å². The number of benzene rings is 1. The lowest BCUT2D eigenvalue weighted by atomic mass is 10.3. The molecule has 5 nitrogen and oxygen atoms in total. The summed E-state index contributed by atoms with van der Waals surface area (Å²) in [6.45, 7) is 0. The van der Waals surface area contributed by atoms with Crippen molar-refractivity contribution in [1.82, 2.24) is 9.97 Å².